The lowest BCUT2D eigenvalue weighted by atomic mass is 10.1. The molecule has 144 valence electrons. The van der Waals surface area contributed by atoms with Crippen molar-refractivity contribution in [1.29, 1.82) is 0 Å². The van der Waals surface area contributed by atoms with Crippen molar-refractivity contribution >= 4 is 17.4 Å². The molecule has 1 fully saturated rings. The molecule has 2 aliphatic rings. The predicted octanol–water partition coefficient (Wildman–Crippen LogP) is 3.63. The molecule has 5 nitrogen and oxygen atoms in total. The minimum Gasteiger partial charge on any atom is -0.506 e. The fraction of sp³-hybridized carbons (Fsp3) is 0.429. The predicted molar refractivity (Wildman–Crippen MR) is 108 cm³/mol. The summed E-state index contributed by atoms with van der Waals surface area (Å²) < 4.78 is 6.14. The van der Waals surface area contributed by atoms with Gasteiger partial charge in [0.2, 0.25) is 0 Å². The number of fused-ring (bicyclic) bond motifs is 1. The number of aromatic hydroxyl groups is 1. The van der Waals surface area contributed by atoms with Gasteiger partial charge in [0.05, 0.1) is 30.4 Å². The second kappa shape index (κ2) is 8.52. The molecule has 2 aromatic carbocycles. The summed E-state index contributed by atoms with van der Waals surface area (Å²) in [5, 5.41) is 27.3. The molecule has 1 saturated carbocycles. The van der Waals surface area contributed by atoms with E-state index < -0.39 is 6.10 Å². The van der Waals surface area contributed by atoms with E-state index in [1.807, 2.05) is 24.3 Å². The minimum atomic E-state index is -0.609. The quantitative estimate of drug-likeness (QED) is 0.545. The van der Waals surface area contributed by atoms with Crippen LogP contribution in [0.25, 0.3) is 0 Å². The number of aliphatic hydroxyl groups is 1. The summed E-state index contributed by atoms with van der Waals surface area (Å²) in [5.74, 6) is 0.960. The van der Waals surface area contributed by atoms with Crippen LogP contribution in [0.5, 0.6) is 5.75 Å². The van der Waals surface area contributed by atoms with Gasteiger partial charge in [0.1, 0.15) is 5.75 Å². The standard InChI is InChI=1S/C21H26N2O3S/c24-17-10-9-15(21-20(17)23-13-27-21)18(25)11-22-16-7-4-8-19(16)26-12-14-5-2-1-3-6-14/h1-3,5-6,9-10,16,18-19,22-25H,4,7-8,11-13H2/t16-,18-,19+/m0/s1. The zero-order valence-corrected chi connectivity index (χ0v) is 16.0. The molecule has 6 heteroatoms. The Labute approximate surface area is 164 Å². The molecule has 0 radical (unpaired) electrons. The maximum Gasteiger partial charge on any atom is 0.139 e. The first-order valence-electron chi connectivity index (χ1n) is 9.52. The Balaban J connectivity index is 1.33. The maximum atomic E-state index is 10.7. The van der Waals surface area contributed by atoms with E-state index >= 15 is 0 Å². The molecule has 0 unspecified atom stereocenters. The summed E-state index contributed by atoms with van der Waals surface area (Å²) >= 11 is 1.62. The van der Waals surface area contributed by atoms with Crippen molar-refractivity contribution in [1.82, 2.24) is 5.32 Å². The third-order valence-electron chi connectivity index (χ3n) is 5.32. The highest BCUT2D eigenvalue weighted by molar-refractivity contribution is 8.00. The second-order valence-corrected chi connectivity index (χ2v) is 8.13. The Kier molecular flexibility index (Phi) is 5.88. The van der Waals surface area contributed by atoms with E-state index in [0.29, 0.717) is 13.2 Å². The van der Waals surface area contributed by atoms with Gasteiger partial charge >= 0.3 is 0 Å². The van der Waals surface area contributed by atoms with Gasteiger partial charge in [-0.25, -0.2) is 0 Å². The van der Waals surface area contributed by atoms with Crippen molar-refractivity contribution in [3.05, 3.63) is 53.6 Å². The van der Waals surface area contributed by atoms with Crippen LogP contribution in [0.3, 0.4) is 0 Å². The molecule has 1 heterocycles. The number of phenolic OH excluding ortho intramolecular Hbond substituents is 1. The number of aliphatic hydroxyl groups excluding tert-OH is 1. The molecule has 0 aromatic heterocycles. The lowest BCUT2D eigenvalue weighted by Gasteiger charge is -2.24. The van der Waals surface area contributed by atoms with E-state index in [2.05, 4.69) is 22.8 Å². The third kappa shape index (κ3) is 4.24. The molecule has 0 amide bonds. The number of ether oxygens (including phenoxy) is 1. The molecule has 0 saturated heterocycles. The van der Waals surface area contributed by atoms with Crippen LogP contribution in [0.1, 0.15) is 36.5 Å². The van der Waals surface area contributed by atoms with Crippen LogP contribution in [0, 0.1) is 0 Å². The first-order chi connectivity index (χ1) is 13.2. The number of rotatable bonds is 7. The van der Waals surface area contributed by atoms with E-state index in [4.69, 9.17) is 4.74 Å². The maximum absolute atomic E-state index is 10.7. The molecule has 27 heavy (non-hydrogen) atoms. The van der Waals surface area contributed by atoms with Crippen molar-refractivity contribution in [2.24, 2.45) is 0 Å². The fourth-order valence-corrected chi connectivity index (χ4v) is 4.92. The minimum absolute atomic E-state index is 0.180. The molecule has 0 spiro atoms. The molecule has 1 aliphatic carbocycles. The van der Waals surface area contributed by atoms with Crippen LogP contribution >= 0.6 is 11.8 Å². The molecule has 2 aromatic rings. The van der Waals surface area contributed by atoms with E-state index in [-0.39, 0.29) is 17.9 Å². The summed E-state index contributed by atoms with van der Waals surface area (Å²) in [6.45, 7) is 1.10. The lowest BCUT2D eigenvalue weighted by Crippen LogP contribution is -2.39. The van der Waals surface area contributed by atoms with Crippen molar-refractivity contribution in [3.8, 4) is 5.75 Å². The van der Waals surface area contributed by atoms with Crippen LogP contribution in [0.4, 0.5) is 5.69 Å². The van der Waals surface area contributed by atoms with Gasteiger partial charge in [-0.2, -0.15) is 0 Å². The highest BCUT2D eigenvalue weighted by Gasteiger charge is 2.29. The van der Waals surface area contributed by atoms with E-state index in [9.17, 15) is 10.2 Å². The third-order valence-corrected chi connectivity index (χ3v) is 6.34. The van der Waals surface area contributed by atoms with Gasteiger partial charge in [-0.05, 0) is 36.5 Å². The van der Waals surface area contributed by atoms with E-state index in [1.165, 1.54) is 5.56 Å². The number of hydrogen-bond donors (Lipinski definition) is 4. The molecule has 1 aliphatic heterocycles. The topological polar surface area (TPSA) is 73.8 Å². The molecular weight excluding hydrogens is 360 g/mol. The number of hydrogen-bond acceptors (Lipinski definition) is 6. The van der Waals surface area contributed by atoms with Gasteiger partial charge in [0.25, 0.3) is 0 Å². The van der Waals surface area contributed by atoms with Crippen LogP contribution < -0.4 is 10.6 Å². The zero-order chi connectivity index (χ0) is 18.6. The first-order valence-corrected chi connectivity index (χ1v) is 10.5. The summed E-state index contributed by atoms with van der Waals surface area (Å²) in [5.41, 5.74) is 2.79. The van der Waals surface area contributed by atoms with Crippen LogP contribution in [0.15, 0.2) is 47.4 Å². The average Bonchev–Trinajstić information content (AvgIpc) is 3.35. The Morgan fingerprint density at radius 1 is 1.19 bits per heavy atom. The monoisotopic (exact) mass is 386 g/mol. The molecule has 4 rings (SSSR count). The smallest absolute Gasteiger partial charge is 0.139 e. The SMILES string of the molecule is Oc1ccc([C@@H](O)CN[C@H]2CCC[C@H]2OCc2ccccc2)c2c1NCS2. The molecule has 4 N–H and O–H groups in total. The Hall–Kier alpha value is -1.73. The van der Waals surface area contributed by atoms with Crippen LogP contribution in [0.2, 0.25) is 0 Å². The van der Waals surface area contributed by atoms with Crippen molar-refractivity contribution in [2.45, 2.75) is 49.0 Å². The highest BCUT2D eigenvalue weighted by atomic mass is 32.2. The molecule has 0 bridgehead atoms. The van der Waals surface area contributed by atoms with Crippen molar-refractivity contribution in [2.75, 3.05) is 17.7 Å². The summed E-state index contributed by atoms with van der Waals surface area (Å²) in [4.78, 5) is 0.951. The average molecular weight is 387 g/mol. The Bertz CT molecular complexity index is 772. The van der Waals surface area contributed by atoms with Gasteiger partial charge < -0.3 is 25.6 Å². The van der Waals surface area contributed by atoms with Gasteiger partial charge in [0, 0.05) is 17.5 Å². The first kappa shape index (κ1) is 18.6. The zero-order valence-electron chi connectivity index (χ0n) is 15.2. The Morgan fingerprint density at radius 2 is 2.04 bits per heavy atom. The summed E-state index contributed by atoms with van der Waals surface area (Å²) in [7, 11) is 0. The molecule has 3 atom stereocenters. The Morgan fingerprint density at radius 3 is 2.89 bits per heavy atom. The lowest BCUT2D eigenvalue weighted by molar-refractivity contribution is 0.0248. The van der Waals surface area contributed by atoms with Crippen LogP contribution in [-0.4, -0.2) is 34.8 Å². The van der Waals surface area contributed by atoms with Gasteiger partial charge in [-0.3, -0.25) is 0 Å². The van der Waals surface area contributed by atoms with E-state index in [0.717, 1.165) is 41.3 Å². The number of nitrogens with one attached hydrogen (secondary N) is 2. The van der Waals surface area contributed by atoms with Crippen molar-refractivity contribution in [3.63, 3.8) is 0 Å². The highest BCUT2D eigenvalue weighted by Crippen LogP contribution is 2.44. The van der Waals surface area contributed by atoms with Crippen molar-refractivity contribution < 1.29 is 14.9 Å². The normalized spacial score (nSPS) is 22.4. The molecular formula is C21H26N2O3S. The van der Waals surface area contributed by atoms with Gasteiger partial charge in [-0.1, -0.05) is 36.4 Å². The van der Waals surface area contributed by atoms with Gasteiger partial charge in [0.15, 0.2) is 0 Å². The second-order valence-electron chi connectivity index (χ2n) is 7.14. The summed E-state index contributed by atoms with van der Waals surface area (Å²) in [6.07, 6.45) is 2.83. The number of anilines is 1. The number of thioether (sulfide) groups is 1. The fourth-order valence-electron chi connectivity index (χ4n) is 3.87. The number of phenols is 1. The van der Waals surface area contributed by atoms with E-state index in [1.54, 1.807) is 17.8 Å². The van der Waals surface area contributed by atoms with Gasteiger partial charge in [-0.15, -0.1) is 11.8 Å². The summed E-state index contributed by atoms with van der Waals surface area (Å²) in [6, 6.07) is 14.0. The largest absolute Gasteiger partial charge is 0.506 e. The van der Waals surface area contributed by atoms with Crippen LogP contribution in [-0.2, 0) is 11.3 Å². The number of benzene rings is 2.